The predicted molar refractivity (Wildman–Crippen MR) is 165 cm³/mol. The molecular weight excluding hydrogens is 600 g/mol. The van der Waals surface area contributed by atoms with E-state index in [0.717, 1.165) is 42.6 Å². The van der Waals surface area contributed by atoms with E-state index in [-0.39, 0.29) is 50.5 Å². The number of furan rings is 1. The summed E-state index contributed by atoms with van der Waals surface area (Å²) >= 11 is 1.85. The lowest BCUT2D eigenvalue weighted by molar-refractivity contribution is -0.152. The minimum atomic E-state index is -0.547. The molecule has 1 aromatic carbocycles. The Hall–Kier alpha value is -3.64. The number of rotatable bonds is 12. The van der Waals surface area contributed by atoms with Crippen LogP contribution in [-0.2, 0) is 35.6 Å². The van der Waals surface area contributed by atoms with Crippen LogP contribution in [0.15, 0.2) is 22.8 Å². The van der Waals surface area contributed by atoms with E-state index < -0.39 is 23.0 Å². The molecule has 2 N–H and O–H groups in total. The second-order valence-electron chi connectivity index (χ2n) is 12.5. The average molecular weight is 639 g/mol. The van der Waals surface area contributed by atoms with Gasteiger partial charge < -0.3 is 29.3 Å². The van der Waals surface area contributed by atoms with Gasteiger partial charge >= 0.3 is 18.0 Å². The molecule has 3 heterocycles. The average Bonchev–Trinajstić information content (AvgIpc) is 3.70. The van der Waals surface area contributed by atoms with E-state index in [1.807, 2.05) is 30.8 Å². The fourth-order valence-corrected chi connectivity index (χ4v) is 8.54. The summed E-state index contributed by atoms with van der Waals surface area (Å²) in [4.78, 5) is 62.2. The number of hydrogen-bond donors (Lipinski definition) is 2. The van der Waals surface area contributed by atoms with Crippen molar-refractivity contribution in [2.45, 2.75) is 81.5 Å². The Morgan fingerprint density at radius 2 is 1.87 bits per heavy atom. The zero-order valence-electron chi connectivity index (χ0n) is 25.5. The molecule has 2 fully saturated rings. The van der Waals surface area contributed by atoms with Crippen LogP contribution in [0.3, 0.4) is 0 Å². The maximum atomic E-state index is 13.2. The number of carbonyl (C=O) groups is 5. The van der Waals surface area contributed by atoms with Gasteiger partial charge in [0.1, 0.15) is 25.6 Å². The van der Waals surface area contributed by atoms with Crippen molar-refractivity contribution >= 4 is 41.3 Å². The van der Waals surface area contributed by atoms with Crippen molar-refractivity contribution < 1.29 is 42.6 Å². The van der Waals surface area contributed by atoms with Crippen molar-refractivity contribution in [2.24, 2.45) is 0 Å². The Balaban J connectivity index is 0.913. The minimum Gasteiger partial charge on any atom is -0.463 e. The summed E-state index contributed by atoms with van der Waals surface area (Å²) in [7, 11) is 0. The van der Waals surface area contributed by atoms with E-state index in [1.165, 1.54) is 6.26 Å². The normalized spacial score (nSPS) is 24.7. The number of hydrogen-bond acceptors (Lipinski definition) is 10. The maximum absolute atomic E-state index is 13.2. The number of urea groups is 1. The molecular formula is C33H38N2O9S. The number of thioether (sulfide) groups is 1. The van der Waals surface area contributed by atoms with Gasteiger partial charge in [-0.2, -0.15) is 11.8 Å². The summed E-state index contributed by atoms with van der Waals surface area (Å²) < 4.78 is 21.9. The van der Waals surface area contributed by atoms with Crippen LogP contribution in [0, 0.1) is 6.92 Å². The Labute approximate surface area is 265 Å². The number of esters is 2. The molecule has 4 unspecified atom stereocenters. The molecule has 0 bridgehead atoms. The number of unbranched alkanes of at least 4 members (excludes halogenated alkanes) is 1. The quantitative estimate of drug-likeness (QED) is 0.151. The van der Waals surface area contributed by atoms with E-state index in [1.54, 1.807) is 6.92 Å². The molecule has 4 atom stereocenters. The molecule has 2 aromatic rings. The summed E-state index contributed by atoms with van der Waals surface area (Å²) in [6.07, 6.45) is 6.51. The Kier molecular flexibility index (Phi) is 9.05. The highest BCUT2D eigenvalue weighted by atomic mass is 32.2. The van der Waals surface area contributed by atoms with Crippen molar-refractivity contribution in [3.63, 3.8) is 0 Å². The van der Waals surface area contributed by atoms with Crippen molar-refractivity contribution in [3.05, 3.63) is 46.2 Å². The van der Waals surface area contributed by atoms with Gasteiger partial charge in [0.2, 0.25) is 11.6 Å². The van der Waals surface area contributed by atoms with Crippen LogP contribution in [0.25, 0.3) is 11.3 Å². The second kappa shape index (κ2) is 13.0. The van der Waals surface area contributed by atoms with Crippen molar-refractivity contribution in [3.8, 4) is 11.3 Å². The molecule has 0 saturated carbocycles. The highest BCUT2D eigenvalue weighted by Gasteiger charge is 2.43. The molecule has 2 amide bonds. The number of amides is 2. The molecule has 2 saturated heterocycles. The fourth-order valence-electron chi connectivity index (χ4n) is 6.99. The number of fused-ring (bicyclic) bond motifs is 6. The van der Waals surface area contributed by atoms with Gasteiger partial charge in [-0.15, -0.1) is 0 Å². The van der Waals surface area contributed by atoms with Gasteiger partial charge in [0.25, 0.3) is 0 Å². The number of ether oxygens (including phenoxy) is 3. The minimum absolute atomic E-state index is 0.0475. The van der Waals surface area contributed by atoms with Gasteiger partial charge in [0, 0.05) is 34.0 Å². The molecule has 0 radical (unpaired) electrons. The maximum Gasteiger partial charge on any atom is 0.332 e. The van der Waals surface area contributed by atoms with E-state index in [2.05, 4.69) is 10.6 Å². The molecule has 2 aliphatic heterocycles. The van der Waals surface area contributed by atoms with Gasteiger partial charge in [0.15, 0.2) is 0 Å². The summed E-state index contributed by atoms with van der Waals surface area (Å²) in [5, 5.41) is 6.27. The highest BCUT2D eigenvalue weighted by molar-refractivity contribution is 8.00. The monoisotopic (exact) mass is 638 g/mol. The fraction of sp³-hybridized carbons (Fsp3) is 0.545. The predicted octanol–water partition coefficient (Wildman–Crippen LogP) is 4.06. The first-order valence-corrected chi connectivity index (χ1v) is 16.6. The van der Waals surface area contributed by atoms with Crippen LogP contribution >= 0.6 is 11.8 Å². The molecule has 2 aliphatic carbocycles. The third-order valence-corrected chi connectivity index (χ3v) is 10.8. The van der Waals surface area contributed by atoms with E-state index >= 15 is 0 Å². The van der Waals surface area contributed by atoms with E-state index in [9.17, 15) is 24.0 Å². The first kappa shape index (κ1) is 31.3. The van der Waals surface area contributed by atoms with Crippen molar-refractivity contribution in [2.75, 3.05) is 32.2 Å². The molecule has 12 heteroatoms. The zero-order valence-corrected chi connectivity index (χ0v) is 26.3. The van der Waals surface area contributed by atoms with Gasteiger partial charge in [-0.05, 0) is 55.7 Å². The molecule has 240 valence electrons. The Bertz CT molecular complexity index is 1530. The van der Waals surface area contributed by atoms with Crippen LogP contribution in [-0.4, -0.2) is 79.1 Å². The largest absolute Gasteiger partial charge is 0.463 e. The first-order chi connectivity index (χ1) is 21.7. The third-order valence-electron chi connectivity index (χ3n) is 9.32. The lowest BCUT2D eigenvalue weighted by atomic mass is 9.68. The summed E-state index contributed by atoms with van der Waals surface area (Å²) in [6.45, 7) is 3.70. The number of ketones is 2. The number of aryl methyl sites for hydroxylation is 1. The third kappa shape index (κ3) is 6.27. The van der Waals surface area contributed by atoms with Crippen LogP contribution < -0.4 is 10.6 Å². The summed E-state index contributed by atoms with van der Waals surface area (Å²) in [6, 6.07) is 4.04. The molecule has 6 rings (SSSR count). The second-order valence-corrected chi connectivity index (χ2v) is 13.8. The topological polar surface area (TPSA) is 150 Å². The number of carbonyl (C=O) groups excluding carboxylic acids is 5. The highest BCUT2D eigenvalue weighted by Crippen LogP contribution is 2.45. The van der Waals surface area contributed by atoms with Crippen molar-refractivity contribution in [1.29, 1.82) is 0 Å². The van der Waals surface area contributed by atoms with Gasteiger partial charge in [0.05, 0.1) is 30.5 Å². The lowest BCUT2D eigenvalue weighted by Gasteiger charge is -2.37. The molecule has 4 aliphatic rings. The SMILES string of the molecule is Cc1coc2c1C(=O)C(=O)c1c-2ccc2c1CCCC2(C)COC(=O)COCCOC(=O)CCCCC1SCC2NC(=O)NC21. The number of Topliss-reactive ketones (excluding diaryl/α,β-unsaturated/α-hetero) is 2. The van der Waals surface area contributed by atoms with Crippen LogP contribution in [0.1, 0.15) is 82.9 Å². The van der Waals surface area contributed by atoms with Gasteiger partial charge in [-0.1, -0.05) is 25.5 Å². The Morgan fingerprint density at radius 1 is 1.04 bits per heavy atom. The van der Waals surface area contributed by atoms with Gasteiger partial charge in [-0.3, -0.25) is 14.4 Å². The number of nitrogens with one attached hydrogen (secondary N) is 2. The van der Waals surface area contributed by atoms with E-state index in [0.29, 0.717) is 52.5 Å². The molecule has 45 heavy (non-hydrogen) atoms. The van der Waals surface area contributed by atoms with Gasteiger partial charge in [-0.25, -0.2) is 9.59 Å². The first-order valence-electron chi connectivity index (χ1n) is 15.6. The Morgan fingerprint density at radius 3 is 2.71 bits per heavy atom. The van der Waals surface area contributed by atoms with E-state index in [4.69, 9.17) is 18.6 Å². The smallest absolute Gasteiger partial charge is 0.332 e. The standard InChI is InChI=1S/C33H38N2O9S/c1-18-14-43-31-20-9-10-21-19(27(20)30(39)29(38)26(18)31)6-5-11-33(21,2)17-44-25(37)15-41-12-13-42-24(36)8-4-3-7-23-28-22(16-45-23)34-32(40)35-28/h9-10,14,22-23,28H,3-8,11-13,15-17H2,1-2H3,(H2,34,35,40). The molecule has 11 nitrogen and oxygen atoms in total. The zero-order chi connectivity index (χ0) is 31.7. The number of benzene rings is 1. The summed E-state index contributed by atoms with van der Waals surface area (Å²) in [5.41, 5.74) is 3.20. The summed E-state index contributed by atoms with van der Waals surface area (Å²) in [5.74, 6) is -0.555. The molecule has 0 spiro atoms. The van der Waals surface area contributed by atoms with Crippen molar-refractivity contribution in [1.82, 2.24) is 10.6 Å². The van der Waals surface area contributed by atoms with Crippen LogP contribution in [0.4, 0.5) is 4.79 Å². The lowest BCUT2D eigenvalue weighted by Crippen LogP contribution is -2.36. The van der Waals surface area contributed by atoms with Crippen LogP contribution in [0.2, 0.25) is 0 Å². The molecule has 1 aromatic heterocycles. The van der Waals surface area contributed by atoms with Crippen LogP contribution in [0.5, 0.6) is 0 Å².